The highest BCUT2D eigenvalue weighted by Gasteiger charge is 2.09. The average Bonchev–Trinajstić information content (AvgIpc) is 2.80. The molecule has 0 amide bonds. The van der Waals surface area contributed by atoms with Crippen LogP contribution < -0.4 is 5.32 Å². The molecule has 0 aliphatic carbocycles. The van der Waals surface area contributed by atoms with Crippen molar-refractivity contribution >= 4 is 11.3 Å². The zero-order chi connectivity index (χ0) is 10.5. The third-order valence-corrected chi connectivity index (χ3v) is 3.43. The lowest BCUT2D eigenvalue weighted by Gasteiger charge is -2.15. The van der Waals surface area contributed by atoms with E-state index < -0.39 is 0 Å². The Hall–Kier alpha value is -1.12. The normalized spacial score (nSPS) is 12.6. The highest BCUT2D eigenvalue weighted by Crippen LogP contribution is 2.20. The first kappa shape index (κ1) is 10.4. The first-order chi connectivity index (χ1) is 7.40. The van der Waals surface area contributed by atoms with Gasteiger partial charge in [0.05, 0.1) is 0 Å². The fourth-order valence-electron chi connectivity index (χ4n) is 1.70. The number of hydrogen-bond donors (Lipinski definition) is 1. The first-order valence-electron chi connectivity index (χ1n) is 5.15. The molecule has 2 heteroatoms. The third-order valence-electron chi connectivity index (χ3n) is 2.54. The minimum absolute atomic E-state index is 0.421. The molecule has 0 bridgehead atoms. The summed E-state index contributed by atoms with van der Waals surface area (Å²) in [6.45, 7) is 0. The molecule has 0 radical (unpaired) electrons. The van der Waals surface area contributed by atoms with E-state index in [4.69, 9.17) is 0 Å². The van der Waals surface area contributed by atoms with Crippen LogP contribution in [0, 0.1) is 0 Å². The van der Waals surface area contributed by atoms with E-state index >= 15 is 0 Å². The number of benzene rings is 1. The second-order valence-corrected chi connectivity index (χ2v) is 4.57. The van der Waals surface area contributed by atoms with Gasteiger partial charge in [-0.2, -0.15) is 0 Å². The summed E-state index contributed by atoms with van der Waals surface area (Å²) in [5.74, 6) is 0. The number of nitrogens with one attached hydrogen (secondary N) is 1. The average molecular weight is 217 g/mol. The SMILES string of the molecule is CNC(Cc1cccs1)c1ccccc1. The highest BCUT2D eigenvalue weighted by atomic mass is 32.1. The molecule has 0 spiro atoms. The molecule has 1 aromatic carbocycles. The van der Waals surface area contributed by atoms with Crippen molar-refractivity contribution in [2.45, 2.75) is 12.5 Å². The summed E-state index contributed by atoms with van der Waals surface area (Å²) < 4.78 is 0. The van der Waals surface area contributed by atoms with Crippen molar-refractivity contribution in [3.63, 3.8) is 0 Å². The molecule has 1 unspecified atom stereocenters. The van der Waals surface area contributed by atoms with E-state index in [1.165, 1.54) is 10.4 Å². The van der Waals surface area contributed by atoms with Gasteiger partial charge in [0, 0.05) is 17.3 Å². The summed E-state index contributed by atoms with van der Waals surface area (Å²) in [5.41, 5.74) is 1.36. The van der Waals surface area contributed by atoms with Crippen molar-refractivity contribution in [3.05, 3.63) is 58.3 Å². The van der Waals surface area contributed by atoms with Gasteiger partial charge >= 0.3 is 0 Å². The van der Waals surface area contributed by atoms with Crippen LogP contribution in [0.1, 0.15) is 16.5 Å². The minimum atomic E-state index is 0.421. The van der Waals surface area contributed by atoms with Gasteiger partial charge in [-0.25, -0.2) is 0 Å². The summed E-state index contributed by atoms with van der Waals surface area (Å²) in [7, 11) is 2.02. The van der Waals surface area contributed by atoms with E-state index in [9.17, 15) is 0 Å². The number of likely N-dealkylation sites (N-methyl/N-ethyl adjacent to an activating group) is 1. The standard InChI is InChI=1S/C13H15NS/c1-14-13(10-12-8-5-9-15-12)11-6-3-2-4-7-11/h2-9,13-14H,10H2,1H3. The summed E-state index contributed by atoms with van der Waals surface area (Å²) in [4.78, 5) is 1.43. The Balaban J connectivity index is 2.12. The summed E-state index contributed by atoms with van der Waals surface area (Å²) >= 11 is 1.82. The highest BCUT2D eigenvalue weighted by molar-refractivity contribution is 7.09. The number of thiophene rings is 1. The molecule has 0 saturated carbocycles. The lowest BCUT2D eigenvalue weighted by molar-refractivity contribution is 0.596. The summed E-state index contributed by atoms with van der Waals surface area (Å²) in [6, 6.07) is 15.3. The van der Waals surface area contributed by atoms with Crippen LogP contribution in [0.5, 0.6) is 0 Å². The monoisotopic (exact) mass is 217 g/mol. The van der Waals surface area contributed by atoms with Crippen molar-refractivity contribution < 1.29 is 0 Å². The predicted octanol–water partition coefficient (Wildman–Crippen LogP) is 3.25. The number of hydrogen-bond acceptors (Lipinski definition) is 2. The molecule has 0 saturated heterocycles. The quantitative estimate of drug-likeness (QED) is 0.829. The molecule has 15 heavy (non-hydrogen) atoms. The Morgan fingerprint density at radius 2 is 1.93 bits per heavy atom. The number of rotatable bonds is 4. The van der Waals surface area contributed by atoms with Crippen LogP contribution in [0.2, 0.25) is 0 Å². The van der Waals surface area contributed by atoms with Crippen LogP contribution in [-0.2, 0) is 6.42 Å². The molecular weight excluding hydrogens is 202 g/mol. The second kappa shape index (κ2) is 5.10. The second-order valence-electron chi connectivity index (χ2n) is 3.54. The molecular formula is C13H15NS. The van der Waals surface area contributed by atoms with E-state index in [0.29, 0.717) is 6.04 Å². The third kappa shape index (κ3) is 2.67. The van der Waals surface area contributed by atoms with Crippen LogP contribution in [0.25, 0.3) is 0 Å². The van der Waals surface area contributed by atoms with E-state index in [1.54, 1.807) is 0 Å². The van der Waals surface area contributed by atoms with Crippen molar-refractivity contribution in [2.75, 3.05) is 7.05 Å². The molecule has 2 aromatic rings. The Morgan fingerprint density at radius 3 is 2.53 bits per heavy atom. The smallest absolute Gasteiger partial charge is 0.0366 e. The summed E-state index contributed by atoms with van der Waals surface area (Å²) in [5, 5.41) is 5.50. The van der Waals surface area contributed by atoms with Crippen molar-refractivity contribution in [2.24, 2.45) is 0 Å². The van der Waals surface area contributed by atoms with Crippen molar-refractivity contribution in [1.82, 2.24) is 5.32 Å². The molecule has 1 atom stereocenters. The molecule has 1 nitrogen and oxygen atoms in total. The molecule has 1 aromatic heterocycles. The maximum atomic E-state index is 3.36. The largest absolute Gasteiger partial charge is 0.313 e. The van der Waals surface area contributed by atoms with E-state index in [1.807, 2.05) is 18.4 Å². The van der Waals surface area contributed by atoms with Gasteiger partial charge in [0.25, 0.3) is 0 Å². The Morgan fingerprint density at radius 1 is 1.13 bits per heavy atom. The Bertz CT molecular complexity index is 380. The maximum Gasteiger partial charge on any atom is 0.0366 e. The van der Waals surface area contributed by atoms with Gasteiger partial charge in [-0.1, -0.05) is 36.4 Å². The molecule has 0 fully saturated rings. The van der Waals surface area contributed by atoms with Crippen molar-refractivity contribution in [3.8, 4) is 0 Å². The van der Waals surface area contributed by atoms with Gasteiger partial charge in [0.2, 0.25) is 0 Å². The summed E-state index contributed by atoms with van der Waals surface area (Å²) in [6.07, 6.45) is 1.07. The molecule has 0 aliphatic rings. The zero-order valence-corrected chi connectivity index (χ0v) is 9.63. The Labute approximate surface area is 94.8 Å². The van der Waals surface area contributed by atoms with Gasteiger partial charge in [-0.15, -0.1) is 11.3 Å². The lowest BCUT2D eigenvalue weighted by Crippen LogP contribution is -2.18. The first-order valence-corrected chi connectivity index (χ1v) is 6.02. The zero-order valence-electron chi connectivity index (χ0n) is 8.81. The molecule has 2 rings (SSSR count). The fraction of sp³-hybridized carbons (Fsp3) is 0.231. The predicted molar refractivity (Wildman–Crippen MR) is 66.3 cm³/mol. The van der Waals surface area contributed by atoms with Crippen LogP contribution >= 0.6 is 11.3 Å². The van der Waals surface area contributed by atoms with E-state index in [0.717, 1.165) is 6.42 Å². The fourth-order valence-corrected chi connectivity index (χ4v) is 2.45. The molecule has 78 valence electrons. The van der Waals surface area contributed by atoms with Crippen LogP contribution in [0.3, 0.4) is 0 Å². The van der Waals surface area contributed by atoms with Crippen LogP contribution in [0.4, 0.5) is 0 Å². The van der Waals surface area contributed by atoms with Crippen LogP contribution in [0.15, 0.2) is 47.8 Å². The van der Waals surface area contributed by atoms with Gasteiger partial charge in [-0.05, 0) is 24.1 Å². The molecule has 1 N–H and O–H groups in total. The van der Waals surface area contributed by atoms with Gasteiger partial charge < -0.3 is 5.32 Å². The van der Waals surface area contributed by atoms with E-state index in [2.05, 4.69) is 53.2 Å². The van der Waals surface area contributed by atoms with Gasteiger partial charge in [-0.3, -0.25) is 0 Å². The van der Waals surface area contributed by atoms with Gasteiger partial charge in [0.15, 0.2) is 0 Å². The lowest BCUT2D eigenvalue weighted by atomic mass is 10.0. The minimum Gasteiger partial charge on any atom is -0.313 e. The van der Waals surface area contributed by atoms with Crippen LogP contribution in [-0.4, -0.2) is 7.05 Å². The maximum absolute atomic E-state index is 3.36. The molecule has 0 aliphatic heterocycles. The Kier molecular flexibility index (Phi) is 3.54. The van der Waals surface area contributed by atoms with Crippen molar-refractivity contribution in [1.29, 1.82) is 0 Å². The molecule has 1 heterocycles. The van der Waals surface area contributed by atoms with Gasteiger partial charge in [0.1, 0.15) is 0 Å². The topological polar surface area (TPSA) is 12.0 Å². The van der Waals surface area contributed by atoms with E-state index in [-0.39, 0.29) is 0 Å².